The van der Waals surface area contributed by atoms with Crippen LogP contribution in [0.25, 0.3) is 0 Å². The zero-order valence-corrected chi connectivity index (χ0v) is 54.0. The van der Waals surface area contributed by atoms with E-state index in [9.17, 15) is 28.8 Å². The van der Waals surface area contributed by atoms with Gasteiger partial charge in [-0.25, -0.2) is 4.79 Å². The van der Waals surface area contributed by atoms with Crippen LogP contribution in [0.4, 0.5) is 4.79 Å². The Labute approximate surface area is 514 Å². The molecule has 0 aromatic heterocycles. The van der Waals surface area contributed by atoms with Gasteiger partial charge >= 0.3 is 35.9 Å². The van der Waals surface area contributed by atoms with Crippen molar-refractivity contribution in [3.8, 4) is 11.5 Å². The van der Waals surface area contributed by atoms with E-state index in [1.165, 1.54) is 118 Å². The number of ether oxygens (including phenoxy) is 6. The number of unbranched alkanes of at least 4 members (excludes halogenated alkanes) is 22. The maximum absolute atomic E-state index is 13.7. The normalized spacial score (nSPS) is 11.5. The number of carbonyl (C=O) groups excluding carboxylic acids is 6. The summed E-state index contributed by atoms with van der Waals surface area (Å²) in [6.07, 6.45) is 39.9. The molecule has 2 aromatic carbocycles. The largest absolute Gasteiger partial charge is 0.464 e. The number of allylic oxidation sites excluding steroid dienone is 4. The highest BCUT2D eigenvalue weighted by atomic mass is 33.1. The lowest BCUT2D eigenvalue weighted by Gasteiger charge is -2.26. The van der Waals surface area contributed by atoms with Gasteiger partial charge in [0.15, 0.2) is 0 Å². The highest BCUT2D eigenvalue weighted by molar-refractivity contribution is 8.76. The monoisotopic (exact) mass is 1210 g/mol. The maximum atomic E-state index is 13.7. The predicted molar refractivity (Wildman–Crippen MR) is 344 cm³/mol. The van der Waals surface area contributed by atoms with Crippen LogP contribution < -0.4 is 14.8 Å². The number of hydrogen-bond donors (Lipinski definition) is 1. The van der Waals surface area contributed by atoms with E-state index in [-0.39, 0.29) is 38.0 Å². The van der Waals surface area contributed by atoms with Gasteiger partial charge in [0.1, 0.15) is 43.3 Å². The third-order valence-corrected chi connectivity index (χ3v) is 16.7. The summed E-state index contributed by atoms with van der Waals surface area (Å²) in [5.74, 6) is -0.815. The summed E-state index contributed by atoms with van der Waals surface area (Å²) in [7, 11) is 2.91. The maximum Gasteiger partial charge on any atom is 0.407 e. The second-order valence-corrected chi connectivity index (χ2v) is 24.7. The minimum absolute atomic E-state index is 0.0312. The number of esters is 5. The number of amides is 1. The van der Waals surface area contributed by atoms with Crippen molar-refractivity contribution in [1.82, 2.24) is 10.2 Å². The van der Waals surface area contributed by atoms with Crippen LogP contribution in [0.2, 0.25) is 0 Å². The molecular weight excluding hydrogens is 1100 g/mol. The molecule has 0 unspecified atom stereocenters. The number of carbonyl (C=O) groups is 6. The average molecular weight is 1210 g/mol. The van der Waals surface area contributed by atoms with E-state index in [1.807, 2.05) is 0 Å². The van der Waals surface area contributed by atoms with Crippen molar-refractivity contribution in [2.75, 3.05) is 64.1 Å². The molecule has 0 aliphatic rings. The molecule has 0 saturated heterocycles. The van der Waals surface area contributed by atoms with Gasteiger partial charge in [-0.15, -0.1) is 0 Å². The Kier molecular flexibility index (Phi) is 46.1. The van der Waals surface area contributed by atoms with E-state index in [4.69, 9.17) is 28.4 Å². The molecule has 0 aliphatic heterocycles. The van der Waals surface area contributed by atoms with Gasteiger partial charge in [0.2, 0.25) is 0 Å². The smallest absolute Gasteiger partial charge is 0.407 e. The molecular formula is C68H108N2O12S2. The van der Waals surface area contributed by atoms with Crippen LogP contribution in [-0.2, 0) is 55.8 Å². The van der Waals surface area contributed by atoms with Gasteiger partial charge < -0.3 is 38.6 Å². The molecule has 0 saturated carbocycles. The number of rotatable bonds is 53. The van der Waals surface area contributed by atoms with Crippen LogP contribution >= 0.6 is 21.6 Å². The first-order valence-electron chi connectivity index (χ1n) is 32.2. The van der Waals surface area contributed by atoms with Crippen LogP contribution in [0.5, 0.6) is 11.5 Å². The fraction of sp³-hybridized carbons (Fsp3) is 0.676. The van der Waals surface area contributed by atoms with Gasteiger partial charge in [-0.05, 0) is 120 Å². The Morgan fingerprint density at radius 2 is 0.833 bits per heavy atom. The van der Waals surface area contributed by atoms with Gasteiger partial charge in [0.25, 0.3) is 0 Å². The molecule has 1 N–H and O–H groups in total. The SMILES string of the molecule is CCCCCCCC/C=C\CCCCCCCC(=O)Oc1ccc(CC(=O)OCC(C)(COC(=O)Cc2ccc(OC(=O)CCCCCCC/C=C\CCCCCCCC)cc2)C(=O)OCCSSCCOC(=O)NCCN(CC)CC)cc1. The molecule has 0 bridgehead atoms. The third kappa shape index (κ3) is 41.3. The Morgan fingerprint density at radius 1 is 0.464 bits per heavy atom. The van der Waals surface area contributed by atoms with Crippen LogP contribution in [0, 0.1) is 5.41 Å². The average Bonchev–Trinajstić information content (AvgIpc) is 3.60. The van der Waals surface area contributed by atoms with Crippen molar-refractivity contribution in [3.63, 3.8) is 0 Å². The second kappa shape index (κ2) is 51.4. The highest BCUT2D eigenvalue weighted by Crippen LogP contribution is 2.25. The van der Waals surface area contributed by atoms with Crippen LogP contribution in [-0.4, -0.2) is 105 Å². The van der Waals surface area contributed by atoms with E-state index < -0.39 is 42.6 Å². The predicted octanol–water partition coefficient (Wildman–Crippen LogP) is 16.4. The van der Waals surface area contributed by atoms with Crippen LogP contribution in [0.1, 0.15) is 226 Å². The number of nitrogens with zero attached hydrogens (tertiary/aromatic N) is 1. The zero-order valence-electron chi connectivity index (χ0n) is 52.4. The van der Waals surface area contributed by atoms with E-state index >= 15 is 0 Å². The van der Waals surface area contributed by atoms with Gasteiger partial charge in [0, 0.05) is 37.4 Å². The summed E-state index contributed by atoms with van der Waals surface area (Å²) in [6.45, 7) is 12.6. The zero-order chi connectivity index (χ0) is 61.0. The number of alkyl carbamates (subject to hydrolysis) is 1. The first-order valence-corrected chi connectivity index (χ1v) is 34.6. The molecule has 0 atom stereocenters. The molecule has 2 aromatic rings. The molecule has 1 amide bonds. The molecule has 14 nitrogen and oxygen atoms in total. The molecule has 0 spiro atoms. The van der Waals surface area contributed by atoms with Crippen molar-refractivity contribution in [2.45, 2.75) is 227 Å². The number of nitrogens with one attached hydrogen (secondary N) is 1. The lowest BCUT2D eigenvalue weighted by atomic mass is 9.93. The standard InChI is InChI=1S/C68H108N2O12S2/c1-6-10-12-14-16-18-20-22-24-26-28-30-32-34-36-38-62(71)81-60-44-40-58(41-45-60)54-64(73)79-56-68(5,66(75)77-50-52-83-84-53-51-78-67(76)69-48-49-70(8-3)9-4)57-80-65(74)55-59-42-46-61(47-43-59)82-63(72)39-37-35-33-31-29-27-25-23-21-19-17-15-13-11-7-2/h22-25,40-47H,6-21,26-39,48-57H2,1-5H3,(H,69,76)/b24-22-,25-23-. The molecule has 0 heterocycles. The Morgan fingerprint density at radius 3 is 1.23 bits per heavy atom. The fourth-order valence-electron chi connectivity index (χ4n) is 9.01. The minimum Gasteiger partial charge on any atom is -0.464 e. The lowest BCUT2D eigenvalue weighted by Crippen LogP contribution is -2.41. The summed E-state index contributed by atoms with van der Waals surface area (Å²) >= 11 is 0. The van der Waals surface area contributed by atoms with Crippen molar-refractivity contribution in [1.29, 1.82) is 0 Å². The summed E-state index contributed by atoms with van der Waals surface area (Å²) in [5.41, 5.74) is -0.314. The van der Waals surface area contributed by atoms with Gasteiger partial charge in [-0.2, -0.15) is 0 Å². The topological polar surface area (TPSA) is 173 Å². The van der Waals surface area contributed by atoms with E-state index in [0.29, 0.717) is 53.5 Å². The molecule has 474 valence electrons. The van der Waals surface area contributed by atoms with E-state index in [2.05, 4.69) is 62.2 Å². The van der Waals surface area contributed by atoms with Crippen LogP contribution in [0.15, 0.2) is 72.8 Å². The first kappa shape index (κ1) is 75.3. The van der Waals surface area contributed by atoms with Crippen molar-refractivity contribution in [2.24, 2.45) is 5.41 Å². The van der Waals surface area contributed by atoms with Gasteiger partial charge in [-0.1, -0.05) is 201 Å². The molecule has 0 radical (unpaired) electrons. The number of benzene rings is 2. The molecule has 0 fully saturated rings. The molecule has 2 rings (SSSR count). The second-order valence-electron chi connectivity index (χ2n) is 22.0. The minimum atomic E-state index is -1.54. The number of likely N-dealkylation sites (N-methyl/N-ethyl adjacent to an activating group) is 1. The number of hydrogen-bond acceptors (Lipinski definition) is 15. The molecule has 84 heavy (non-hydrogen) atoms. The van der Waals surface area contributed by atoms with E-state index in [0.717, 1.165) is 96.7 Å². The van der Waals surface area contributed by atoms with Crippen molar-refractivity contribution >= 4 is 57.5 Å². The van der Waals surface area contributed by atoms with Gasteiger partial charge in [-0.3, -0.25) is 24.0 Å². The highest BCUT2D eigenvalue weighted by Gasteiger charge is 2.39. The summed E-state index contributed by atoms with van der Waals surface area (Å²) in [5, 5.41) is 2.76. The summed E-state index contributed by atoms with van der Waals surface area (Å²) < 4.78 is 33.3. The summed E-state index contributed by atoms with van der Waals surface area (Å²) in [6, 6.07) is 13.3. The quantitative estimate of drug-likeness (QED) is 0.0165. The first-order chi connectivity index (χ1) is 40.9. The Balaban J connectivity index is 1.81. The molecule has 0 aliphatic carbocycles. The molecule has 16 heteroatoms. The lowest BCUT2D eigenvalue weighted by molar-refractivity contribution is -0.169. The fourth-order valence-corrected chi connectivity index (χ4v) is 10.7. The Bertz CT molecular complexity index is 1980. The third-order valence-electron chi connectivity index (χ3n) is 14.4. The van der Waals surface area contributed by atoms with Crippen LogP contribution in [0.3, 0.4) is 0 Å². The van der Waals surface area contributed by atoms with E-state index in [1.54, 1.807) is 48.5 Å². The summed E-state index contributed by atoms with van der Waals surface area (Å²) in [4.78, 5) is 79.4. The van der Waals surface area contributed by atoms with Gasteiger partial charge in [0.05, 0.1) is 12.8 Å². The van der Waals surface area contributed by atoms with Crippen molar-refractivity contribution in [3.05, 3.63) is 84.0 Å². The van der Waals surface area contributed by atoms with Crippen molar-refractivity contribution < 1.29 is 57.2 Å². The Hall–Kier alpha value is -4.80.